The largest absolute Gasteiger partial charge is 0.497 e. The first-order valence-corrected chi connectivity index (χ1v) is 12.4. The van der Waals surface area contributed by atoms with Crippen LogP contribution in [0.5, 0.6) is 17.2 Å². The number of carbonyl (C=O) groups is 1. The molecule has 1 amide bonds. The number of aryl methyl sites for hydroxylation is 1. The van der Waals surface area contributed by atoms with Crippen molar-refractivity contribution in [2.45, 2.75) is 13.1 Å². The lowest BCUT2D eigenvalue weighted by molar-refractivity contribution is -0.127. The van der Waals surface area contributed by atoms with E-state index in [9.17, 15) is 4.79 Å². The van der Waals surface area contributed by atoms with E-state index in [0.29, 0.717) is 29.5 Å². The van der Waals surface area contributed by atoms with E-state index >= 15 is 0 Å². The van der Waals surface area contributed by atoms with E-state index in [0.717, 1.165) is 22.4 Å². The zero-order valence-electron chi connectivity index (χ0n) is 22.5. The summed E-state index contributed by atoms with van der Waals surface area (Å²) in [6.07, 6.45) is 3.39. The standard InChI is InChI=1S/C30H32N4O5/c1-33-27(30(31-32-33)23-11-14-25(15-12-23)39-21-36-2)20-34(29(35)17-10-22-8-6-5-7-9-22)19-24-13-16-26(37-3)18-28(24)38-4/h5-18H,19-21H2,1-4H3. The van der Waals surface area contributed by atoms with Crippen molar-refractivity contribution in [1.82, 2.24) is 19.9 Å². The van der Waals surface area contributed by atoms with Crippen molar-refractivity contribution in [3.63, 3.8) is 0 Å². The van der Waals surface area contributed by atoms with Gasteiger partial charge in [-0.15, -0.1) is 5.10 Å². The Morgan fingerprint density at radius 1 is 0.923 bits per heavy atom. The molecule has 0 aliphatic carbocycles. The number of hydrogen-bond donors (Lipinski definition) is 0. The molecule has 39 heavy (non-hydrogen) atoms. The maximum absolute atomic E-state index is 13.6. The van der Waals surface area contributed by atoms with Crippen LogP contribution in [0.1, 0.15) is 16.8 Å². The van der Waals surface area contributed by atoms with Crippen molar-refractivity contribution < 1.29 is 23.7 Å². The van der Waals surface area contributed by atoms with Gasteiger partial charge in [0.1, 0.15) is 22.9 Å². The van der Waals surface area contributed by atoms with Gasteiger partial charge in [-0.3, -0.25) is 4.79 Å². The second-order valence-electron chi connectivity index (χ2n) is 8.70. The van der Waals surface area contributed by atoms with E-state index in [1.54, 1.807) is 37.0 Å². The summed E-state index contributed by atoms with van der Waals surface area (Å²) in [6.45, 7) is 0.742. The summed E-state index contributed by atoms with van der Waals surface area (Å²) < 4.78 is 23.1. The van der Waals surface area contributed by atoms with Crippen LogP contribution in [0.3, 0.4) is 0 Å². The van der Waals surface area contributed by atoms with Gasteiger partial charge < -0.3 is 23.8 Å². The summed E-state index contributed by atoms with van der Waals surface area (Å²) in [5, 5.41) is 8.65. The zero-order valence-corrected chi connectivity index (χ0v) is 22.5. The molecule has 1 aromatic heterocycles. The first kappa shape index (κ1) is 27.4. The van der Waals surface area contributed by atoms with Gasteiger partial charge >= 0.3 is 0 Å². The van der Waals surface area contributed by atoms with E-state index in [1.807, 2.05) is 85.9 Å². The van der Waals surface area contributed by atoms with E-state index in [-0.39, 0.29) is 19.2 Å². The lowest BCUT2D eigenvalue weighted by Crippen LogP contribution is -2.30. The molecule has 4 aromatic rings. The molecular weight excluding hydrogens is 496 g/mol. The minimum Gasteiger partial charge on any atom is -0.497 e. The van der Waals surface area contributed by atoms with Gasteiger partial charge in [0.15, 0.2) is 6.79 Å². The average Bonchev–Trinajstić information content (AvgIpc) is 3.34. The molecule has 0 N–H and O–H groups in total. The van der Waals surface area contributed by atoms with Crippen LogP contribution < -0.4 is 14.2 Å². The van der Waals surface area contributed by atoms with Crippen molar-refractivity contribution in [3.05, 3.63) is 95.7 Å². The Balaban J connectivity index is 1.65. The Morgan fingerprint density at radius 2 is 1.67 bits per heavy atom. The van der Waals surface area contributed by atoms with Gasteiger partial charge in [0.05, 0.1) is 33.0 Å². The molecule has 4 rings (SSSR count). The topological polar surface area (TPSA) is 87.9 Å². The molecular formula is C30H32N4O5. The predicted octanol–water partition coefficient (Wildman–Crippen LogP) is 4.72. The zero-order chi connectivity index (χ0) is 27.6. The SMILES string of the molecule is COCOc1ccc(-c2nnn(C)c2CN(Cc2ccc(OC)cc2OC)C(=O)C=Cc2ccccc2)cc1. The molecule has 0 radical (unpaired) electrons. The van der Waals surface area contributed by atoms with Gasteiger partial charge in [0, 0.05) is 37.4 Å². The first-order chi connectivity index (χ1) is 19.0. The molecule has 0 bridgehead atoms. The van der Waals surface area contributed by atoms with E-state index in [2.05, 4.69) is 10.3 Å². The van der Waals surface area contributed by atoms with Crippen molar-refractivity contribution in [1.29, 1.82) is 0 Å². The summed E-state index contributed by atoms with van der Waals surface area (Å²) >= 11 is 0. The fourth-order valence-electron chi connectivity index (χ4n) is 4.03. The number of ether oxygens (including phenoxy) is 4. The van der Waals surface area contributed by atoms with Crippen LogP contribution >= 0.6 is 0 Å². The van der Waals surface area contributed by atoms with Crippen LogP contribution in [0.4, 0.5) is 0 Å². The summed E-state index contributed by atoms with van der Waals surface area (Å²) in [5.41, 5.74) is 4.11. The highest BCUT2D eigenvalue weighted by molar-refractivity contribution is 5.91. The number of nitrogens with zero attached hydrogens (tertiary/aromatic N) is 4. The lowest BCUT2D eigenvalue weighted by Gasteiger charge is -2.23. The van der Waals surface area contributed by atoms with Crippen molar-refractivity contribution >= 4 is 12.0 Å². The Hall–Kier alpha value is -4.63. The number of aromatic nitrogens is 3. The highest BCUT2D eigenvalue weighted by Crippen LogP contribution is 2.28. The Bertz CT molecular complexity index is 1400. The van der Waals surface area contributed by atoms with Crippen LogP contribution in [0.25, 0.3) is 17.3 Å². The maximum atomic E-state index is 13.6. The van der Waals surface area contributed by atoms with Gasteiger partial charge in [-0.25, -0.2) is 4.68 Å². The highest BCUT2D eigenvalue weighted by atomic mass is 16.7. The molecule has 0 spiro atoms. The molecule has 9 nitrogen and oxygen atoms in total. The molecule has 0 unspecified atom stereocenters. The average molecular weight is 529 g/mol. The van der Waals surface area contributed by atoms with Crippen molar-refractivity contribution in [3.8, 4) is 28.5 Å². The second kappa shape index (κ2) is 13.3. The molecule has 1 heterocycles. The van der Waals surface area contributed by atoms with Gasteiger partial charge in [0.2, 0.25) is 5.91 Å². The predicted molar refractivity (Wildman–Crippen MR) is 148 cm³/mol. The molecule has 3 aromatic carbocycles. The van der Waals surface area contributed by atoms with Gasteiger partial charge in [-0.05, 0) is 48.0 Å². The van der Waals surface area contributed by atoms with Crippen molar-refractivity contribution in [2.24, 2.45) is 7.05 Å². The van der Waals surface area contributed by atoms with Gasteiger partial charge in [-0.1, -0.05) is 35.5 Å². The number of hydrogen-bond acceptors (Lipinski definition) is 7. The Kier molecular flexibility index (Phi) is 9.31. The molecule has 9 heteroatoms. The molecule has 202 valence electrons. The minimum absolute atomic E-state index is 0.160. The lowest BCUT2D eigenvalue weighted by atomic mass is 10.1. The third kappa shape index (κ3) is 7.03. The van der Waals surface area contributed by atoms with E-state index in [4.69, 9.17) is 18.9 Å². The van der Waals surface area contributed by atoms with E-state index in [1.165, 1.54) is 0 Å². The summed E-state index contributed by atoms with van der Waals surface area (Å²) in [7, 11) is 6.59. The second-order valence-corrected chi connectivity index (χ2v) is 8.70. The summed E-state index contributed by atoms with van der Waals surface area (Å²) in [4.78, 5) is 15.3. The van der Waals surface area contributed by atoms with Crippen LogP contribution in [0.15, 0.2) is 78.9 Å². The van der Waals surface area contributed by atoms with Crippen LogP contribution in [-0.2, 0) is 29.7 Å². The molecule has 0 saturated carbocycles. The molecule has 0 aliphatic rings. The molecule has 0 fully saturated rings. The van der Waals surface area contributed by atoms with E-state index < -0.39 is 0 Å². The third-order valence-electron chi connectivity index (χ3n) is 6.14. The molecule has 0 atom stereocenters. The van der Waals surface area contributed by atoms with Crippen LogP contribution in [0, 0.1) is 0 Å². The third-order valence-corrected chi connectivity index (χ3v) is 6.14. The van der Waals surface area contributed by atoms with Crippen LogP contribution in [-0.4, -0.2) is 53.9 Å². The number of benzene rings is 3. The monoisotopic (exact) mass is 528 g/mol. The first-order valence-electron chi connectivity index (χ1n) is 12.4. The van der Waals surface area contributed by atoms with Crippen molar-refractivity contribution in [2.75, 3.05) is 28.1 Å². The Labute approximate surface area is 228 Å². The highest BCUT2D eigenvalue weighted by Gasteiger charge is 2.21. The Morgan fingerprint density at radius 3 is 2.36 bits per heavy atom. The normalized spacial score (nSPS) is 11.0. The maximum Gasteiger partial charge on any atom is 0.247 e. The fraction of sp³-hybridized carbons (Fsp3) is 0.233. The van der Waals surface area contributed by atoms with Gasteiger partial charge in [0.25, 0.3) is 0 Å². The minimum atomic E-state index is -0.160. The molecule has 0 saturated heterocycles. The number of carbonyl (C=O) groups excluding carboxylic acids is 1. The summed E-state index contributed by atoms with van der Waals surface area (Å²) in [6, 6.07) is 22.8. The number of amides is 1. The fourth-order valence-corrected chi connectivity index (χ4v) is 4.03. The summed E-state index contributed by atoms with van der Waals surface area (Å²) in [5.74, 6) is 1.83. The number of methoxy groups -OCH3 is 3. The quantitative estimate of drug-likeness (QED) is 0.194. The number of rotatable bonds is 12. The smallest absolute Gasteiger partial charge is 0.247 e. The molecule has 0 aliphatic heterocycles. The van der Waals surface area contributed by atoms with Gasteiger partial charge in [-0.2, -0.15) is 0 Å². The van der Waals surface area contributed by atoms with Crippen LogP contribution in [0.2, 0.25) is 0 Å².